The average Bonchev–Trinajstić information content (AvgIpc) is 3.33. The van der Waals surface area contributed by atoms with Gasteiger partial charge in [-0.1, -0.05) is 30.3 Å². The highest BCUT2D eigenvalue weighted by atomic mass is 16.5. The van der Waals surface area contributed by atoms with E-state index in [-0.39, 0.29) is 24.8 Å². The predicted octanol–water partition coefficient (Wildman–Crippen LogP) is 1.71. The van der Waals surface area contributed by atoms with E-state index in [1.807, 2.05) is 53.1 Å². The van der Waals surface area contributed by atoms with Gasteiger partial charge in [-0.05, 0) is 30.2 Å². The smallest absolute Gasteiger partial charge is 0.324 e. The number of fused-ring (bicyclic) bond motifs is 1. The Hall–Kier alpha value is -3.88. The third-order valence-electron chi connectivity index (χ3n) is 5.50. The number of rotatable bonds is 9. The van der Waals surface area contributed by atoms with Crippen molar-refractivity contribution < 1.29 is 19.1 Å². The number of imide groups is 1. The molecule has 0 radical (unpaired) electrons. The molecule has 4 rings (SSSR count). The van der Waals surface area contributed by atoms with Crippen molar-refractivity contribution in [2.45, 2.75) is 25.4 Å². The second kappa shape index (κ2) is 9.51. The first kappa shape index (κ1) is 21.4. The van der Waals surface area contributed by atoms with Gasteiger partial charge in [0, 0.05) is 19.6 Å². The standard InChI is InChI=1S/C23H25N5O4/c1-32-20-9-5-2-6-16(20)10-12-28-22(30)18(26-23(28)31)14-21(29)24-11-13-27-15-25-17-7-3-4-8-19(17)27/h2-9,15,18H,10-14H2,1H3,(H,24,29)(H,26,31)/t18-/m1/s1. The first-order valence-electron chi connectivity index (χ1n) is 10.5. The number of amides is 4. The third kappa shape index (κ3) is 4.56. The Bertz CT molecular complexity index is 1140. The summed E-state index contributed by atoms with van der Waals surface area (Å²) in [6, 6.07) is 13.9. The van der Waals surface area contributed by atoms with Crippen LogP contribution in [0.1, 0.15) is 12.0 Å². The van der Waals surface area contributed by atoms with Gasteiger partial charge in [-0.2, -0.15) is 0 Å². The van der Waals surface area contributed by atoms with Gasteiger partial charge in [0.1, 0.15) is 11.8 Å². The molecule has 1 aliphatic heterocycles. The molecule has 0 unspecified atom stereocenters. The van der Waals surface area contributed by atoms with Crippen LogP contribution in [0.3, 0.4) is 0 Å². The van der Waals surface area contributed by atoms with E-state index >= 15 is 0 Å². The molecule has 166 valence electrons. The number of hydrogen-bond donors (Lipinski definition) is 2. The van der Waals surface area contributed by atoms with Crippen molar-refractivity contribution in [2.24, 2.45) is 0 Å². The van der Waals surface area contributed by atoms with Gasteiger partial charge in [-0.15, -0.1) is 0 Å². The highest BCUT2D eigenvalue weighted by molar-refractivity contribution is 6.05. The summed E-state index contributed by atoms with van der Waals surface area (Å²) >= 11 is 0. The summed E-state index contributed by atoms with van der Waals surface area (Å²) in [4.78, 5) is 42.7. The van der Waals surface area contributed by atoms with E-state index < -0.39 is 12.1 Å². The maximum Gasteiger partial charge on any atom is 0.324 e. The van der Waals surface area contributed by atoms with Gasteiger partial charge in [-0.25, -0.2) is 9.78 Å². The van der Waals surface area contributed by atoms with Crippen LogP contribution >= 0.6 is 0 Å². The molecule has 0 bridgehead atoms. The first-order chi connectivity index (χ1) is 15.6. The van der Waals surface area contributed by atoms with E-state index in [9.17, 15) is 14.4 Å². The number of carbonyl (C=O) groups is 3. The second-order valence-corrected chi connectivity index (χ2v) is 7.53. The number of methoxy groups -OCH3 is 1. The van der Waals surface area contributed by atoms with Crippen molar-refractivity contribution in [1.29, 1.82) is 0 Å². The van der Waals surface area contributed by atoms with E-state index in [1.54, 1.807) is 13.4 Å². The number of nitrogens with one attached hydrogen (secondary N) is 2. The number of benzene rings is 2. The summed E-state index contributed by atoms with van der Waals surface area (Å²) in [6.45, 7) is 1.17. The molecule has 4 amide bonds. The van der Waals surface area contributed by atoms with Gasteiger partial charge < -0.3 is 19.9 Å². The minimum atomic E-state index is -0.853. The molecule has 0 spiro atoms. The lowest BCUT2D eigenvalue weighted by Gasteiger charge is -2.14. The van der Waals surface area contributed by atoms with E-state index in [2.05, 4.69) is 15.6 Å². The van der Waals surface area contributed by atoms with Gasteiger partial charge >= 0.3 is 6.03 Å². The molecule has 1 atom stereocenters. The number of hydrogen-bond acceptors (Lipinski definition) is 5. The van der Waals surface area contributed by atoms with Crippen LogP contribution in [0.4, 0.5) is 4.79 Å². The van der Waals surface area contributed by atoms with Crippen LogP contribution in [0.15, 0.2) is 54.9 Å². The maximum atomic E-state index is 12.7. The normalized spacial score (nSPS) is 15.8. The SMILES string of the molecule is COc1ccccc1CCN1C(=O)N[C@H](CC(=O)NCCn2cnc3ccccc32)C1=O. The summed E-state index contributed by atoms with van der Waals surface area (Å²) in [7, 11) is 1.58. The third-order valence-corrected chi connectivity index (χ3v) is 5.50. The number of para-hydroxylation sites is 3. The van der Waals surface area contributed by atoms with Crippen LogP contribution in [0.2, 0.25) is 0 Å². The van der Waals surface area contributed by atoms with E-state index in [0.29, 0.717) is 25.3 Å². The molecule has 2 aromatic carbocycles. The van der Waals surface area contributed by atoms with Crippen LogP contribution in [0.5, 0.6) is 5.75 Å². The zero-order chi connectivity index (χ0) is 22.5. The molecule has 1 fully saturated rings. The second-order valence-electron chi connectivity index (χ2n) is 7.53. The summed E-state index contributed by atoms with van der Waals surface area (Å²) in [5.74, 6) is 0.0291. The molecule has 0 aliphatic carbocycles. The molecular weight excluding hydrogens is 410 g/mol. The highest BCUT2D eigenvalue weighted by Gasteiger charge is 2.38. The summed E-state index contributed by atoms with van der Waals surface area (Å²) in [5.41, 5.74) is 2.79. The van der Waals surface area contributed by atoms with Gasteiger partial charge in [0.2, 0.25) is 5.91 Å². The zero-order valence-corrected chi connectivity index (χ0v) is 17.8. The van der Waals surface area contributed by atoms with E-state index in [0.717, 1.165) is 21.5 Å². The van der Waals surface area contributed by atoms with E-state index in [4.69, 9.17) is 4.74 Å². The quantitative estimate of drug-likeness (QED) is 0.498. The van der Waals surface area contributed by atoms with Crippen molar-refractivity contribution in [3.05, 3.63) is 60.4 Å². The lowest BCUT2D eigenvalue weighted by Crippen LogP contribution is -2.37. The largest absolute Gasteiger partial charge is 0.496 e. The molecule has 1 aliphatic rings. The Morgan fingerprint density at radius 2 is 1.91 bits per heavy atom. The fourth-order valence-electron chi connectivity index (χ4n) is 3.83. The number of carbonyl (C=O) groups excluding carboxylic acids is 3. The molecule has 0 saturated carbocycles. The number of aromatic nitrogens is 2. The Kier molecular flexibility index (Phi) is 6.34. The number of ether oxygens (including phenoxy) is 1. The minimum absolute atomic E-state index is 0.0968. The molecule has 9 heteroatoms. The maximum absolute atomic E-state index is 12.7. The average molecular weight is 435 g/mol. The van der Waals surface area contributed by atoms with Gasteiger partial charge in [0.05, 0.1) is 30.9 Å². The van der Waals surface area contributed by atoms with Crippen LogP contribution in [0.25, 0.3) is 11.0 Å². The van der Waals surface area contributed by atoms with Gasteiger partial charge in [-0.3, -0.25) is 14.5 Å². The fraction of sp³-hybridized carbons (Fsp3) is 0.304. The lowest BCUT2D eigenvalue weighted by atomic mass is 10.1. The van der Waals surface area contributed by atoms with E-state index in [1.165, 1.54) is 0 Å². The predicted molar refractivity (Wildman–Crippen MR) is 118 cm³/mol. The number of nitrogens with zero attached hydrogens (tertiary/aromatic N) is 3. The molecule has 3 aromatic rings. The number of urea groups is 1. The van der Waals surface area contributed by atoms with Crippen molar-refractivity contribution >= 4 is 28.9 Å². The molecule has 9 nitrogen and oxygen atoms in total. The Morgan fingerprint density at radius 3 is 2.75 bits per heavy atom. The molecule has 32 heavy (non-hydrogen) atoms. The molecule has 1 aromatic heterocycles. The first-order valence-corrected chi connectivity index (χ1v) is 10.5. The van der Waals surface area contributed by atoms with Crippen LogP contribution in [-0.2, 0) is 22.6 Å². The highest BCUT2D eigenvalue weighted by Crippen LogP contribution is 2.19. The molecule has 1 saturated heterocycles. The summed E-state index contributed by atoms with van der Waals surface area (Å²) < 4.78 is 7.27. The minimum Gasteiger partial charge on any atom is -0.496 e. The summed E-state index contributed by atoms with van der Waals surface area (Å²) in [6.07, 6.45) is 2.11. The van der Waals surface area contributed by atoms with Crippen molar-refractivity contribution in [2.75, 3.05) is 20.2 Å². The van der Waals surface area contributed by atoms with Crippen LogP contribution in [0, 0.1) is 0 Å². The monoisotopic (exact) mass is 435 g/mol. The lowest BCUT2D eigenvalue weighted by molar-refractivity contribution is -0.130. The molecule has 2 N–H and O–H groups in total. The molecule has 2 heterocycles. The zero-order valence-electron chi connectivity index (χ0n) is 17.8. The fourth-order valence-corrected chi connectivity index (χ4v) is 3.83. The Morgan fingerprint density at radius 1 is 1.12 bits per heavy atom. The van der Waals surface area contributed by atoms with Crippen LogP contribution in [-0.4, -0.2) is 58.5 Å². The van der Waals surface area contributed by atoms with Gasteiger partial charge in [0.25, 0.3) is 5.91 Å². The Labute approximate surface area is 185 Å². The number of imidazole rings is 1. The van der Waals surface area contributed by atoms with Crippen molar-refractivity contribution in [1.82, 2.24) is 25.1 Å². The van der Waals surface area contributed by atoms with Crippen molar-refractivity contribution in [3.63, 3.8) is 0 Å². The van der Waals surface area contributed by atoms with Gasteiger partial charge in [0.15, 0.2) is 0 Å². The summed E-state index contributed by atoms with van der Waals surface area (Å²) in [5, 5.41) is 5.42. The Balaban J connectivity index is 1.26. The molecular formula is C23H25N5O4. The topological polar surface area (TPSA) is 106 Å². The van der Waals surface area contributed by atoms with Crippen molar-refractivity contribution in [3.8, 4) is 5.75 Å². The van der Waals surface area contributed by atoms with Crippen LogP contribution < -0.4 is 15.4 Å².